The minimum Gasteiger partial charge on any atom is -0.459 e. The van der Waals surface area contributed by atoms with E-state index in [1.165, 1.54) is 0 Å². The van der Waals surface area contributed by atoms with Crippen molar-refractivity contribution in [2.24, 2.45) is 0 Å². The smallest absolute Gasteiger partial charge is 0.320 e. The maximum absolute atomic E-state index is 12.5. The van der Waals surface area contributed by atoms with Crippen LogP contribution in [-0.2, 0) is 61.9 Å². The van der Waals surface area contributed by atoms with E-state index in [1.807, 2.05) is 0 Å². The molecule has 0 aromatic carbocycles. The van der Waals surface area contributed by atoms with Crippen molar-refractivity contribution in [2.45, 2.75) is 111 Å². The van der Waals surface area contributed by atoms with Crippen molar-refractivity contribution in [2.75, 3.05) is 32.7 Å². The molecule has 0 spiro atoms. The first-order chi connectivity index (χ1) is 19.7. The van der Waals surface area contributed by atoms with Crippen LogP contribution in [0.1, 0.15) is 69.2 Å². The molecule has 43 heavy (non-hydrogen) atoms. The van der Waals surface area contributed by atoms with Gasteiger partial charge in [0.25, 0.3) is 0 Å². The number of hydrogen-bond donors (Lipinski definition) is 1. The van der Waals surface area contributed by atoms with Gasteiger partial charge >= 0.3 is 35.8 Å². The Hall–Kier alpha value is -3.30. The van der Waals surface area contributed by atoms with Gasteiger partial charge in [-0.25, -0.2) is 0 Å². The maximum atomic E-state index is 12.5. The van der Waals surface area contributed by atoms with Gasteiger partial charge in [0.15, 0.2) is 12.2 Å². The van der Waals surface area contributed by atoms with Crippen molar-refractivity contribution in [3.8, 4) is 0 Å². The van der Waals surface area contributed by atoms with E-state index in [0.717, 1.165) is 27.7 Å². The van der Waals surface area contributed by atoms with Crippen LogP contribution in [0.15, 0.2) is 0 Å². The van der Waals surface area contributed by atoms with Crippen molar-refractivity contribution in [1.29, 1.82) is 0 Å². The van der Waals surface area contributed by atoms with Gasteiger partial charge in [-0.05, 0) is 41.5 Å². The summed E-state index contributed by atoms with van der Waals surface area (Å²) < 4.78 is 37.9. The van der Waals surface area contributed by atoms with E-state index in [4.69, 9.17) is 33.2 Å². The zero-order valence-electron chi connectivity index (χ0n) is 26.7. The number of rotatable bonds is 13. The average Bonchev–Trinajstić information content (AvgIpc) is 2.77. The fourth-order valence-electron chi connectivity index (χ4n) is 4.09. The highest BCUT2D eigenvalue weighted by Gasteiger charge is 2.53. The molecule has 0 bridgehead atoms. The minimum atomic E-state index is -1.49. The quantitative estimate of drug-likeness (QED) is 0.172. The summed E-state index contributed by atoms with van der Waals surface area (Å²) in [5.41, 5.74) is -1.45. The summed E-state index contributed by atoms with van der Waals surface area (Å²) in [6.45, 7) is 14.8. The van der Waals surface area contributed by atoms with Crippen molar-refractivity contribution >= 4 is 35.8 Å². The molecule has 1 fully saturated rings. The van der Waals surface area contributed by atoms with Crippen LogP contribution in [-0.4, -0.2) is 115 Å². The molecule has 0 radical (unpaired) electrons. The van der Waals surface area contributed by atoms with Gasteiger partial charge in [0, 0.05) is 47.3 Å². The molecular formula is C28H46N2O13. The van der Waals surface area contributed by atoms with Crippen LogP contribution >= 0.6 is 0 Å². The number of ether oxygens (including phenoxy) is 7. The highest BCUT2D eigenvalue weighted by molar-refractivity contribution is 5.75. The van der Waals surface area contributed by atoms with Gasteiger partial charge in [-0.1, -0.05) is 0 Å². The van der Waals surface area contributed by atoms with E-state index >= 15 is 0 Å². The molecule has 1 aliphatic rings. The Morgan fingerprint density at radius 3 is 1.49 bits per heavy atom. The molecule has 246 valence electrons. The third-order valence-electron chi connectivity index (χ3n) is 5.28. The van der Waals surface area contributed by atoms with Crippen molar-refractivity contribution in [3.05, 3.63) is 0 Å². The molecule has 0 aromatic heterocycles. The first kappa shape index (κ1) is 37.7. The molecule has 1 N–H and O–H groups in total. The van der Waals surface area contributed by atoms with Gasteiger partial charge < -0.3 is 38.5 Å². The first-order valence-corrected chi connectivity index (χ1v) is 13.9. The third-order valence-corrected chi connectivity index (χ3v) is 5.28. The Bertz CT molecular complexity index is 972. The lowest BCUT2D eigenvalue weighted by Gasteiger charge is -2.44. The Morgan fingerprint density at radius 1 is 0.651 bits per heavy atom. The standard InChI is InChI=1S/C28H46N2O13/c1-16(31)37-23-20(41-26(40-19(4)34)25(39-18(3)33)24(23)38-17(2)32)13-29-11-12-30(14-21(35)42-27(5,6)7)15-22(36)43-28(8,9)10/h20,23-26,29H,11-15H2,1-10H3/t20?,23-,24?,25?,26-/m1/s1. The van der Waals surface area contributed by atoms with Crippen molar-refractivity contribution in [3.63, 3.8) is 0 Å². The molecule has 1 aliphatic heterocycles. The second-order valence-corrected chi connectivity index (χ2v) is 12.0. The van der Waals surface area contributed by atoms with Gasteiger partial charge in [-0.2, -0.15) is 0 Å². The first-order valence-electron chi connectivity index (χ1n) is 13.9. The predicted octanol–water partition coefficient (Wildman–Crippen LogP) is 0.645. The molecule has 1 heterocycles. The Labute approximate surface area is 252 Å². The molecule has 15 heteroatoms. The summed E-state index contributed by atoms with van der Waals surface area (Å²) in [6.07, 6.45) is -6.59. The summed E-state index contributed by atoms with van der Waals surface area (Å²) in [7, 11) is 0. The molecule has 15 nitrogen and oxygen atoms in total. The van der Waals surface area contributed by atoms with Gasteiger partial charge in [0.1, 0.15) is 17.3 Å². The van der Waals surface area contributed by atoms with Gasteiger partial charge in [-0.15, -0.1) is 0 Å². The average molecular weight is 619 g/mol. The summed E-state index contributed by atoms with van der Waals surface area (Å²) >= 11 is 0. The number of nitrogens with one attached hydrogen (secondary N) is 1. The van der Waals surface area contributed by atoms with Crippen molar-refractivity contribution in [1.82, 2.24) is 10.2 Å². The summed E-state index contributed by atoms with van der Waals surface area (Å²) in [5, 5.41) is 3.08. The zero-order chi connectivity index (χ0) is 33.1. The van der Waals surface area contributed by atoms with E-state index in [1.54, 1.807) is 46.4 Å². The highest BCUT2D eigenvalue weighted by Crippen LogP contribution is 2.29. The number of carbonyl (C=O) groups is 6. The van der Waals surface area contributed by atoms with Crippen LogP contribution in [0.25, 0.3) is 0 Å². The van der Waals surface area contributed by atoms with E-state index in [0.29, 0.717) is 0 Å². The summed E-state index contributed by atoms with van der Waals surface area (Å²) in [6, 6.07) is 0. The lowest BCUT2D eigenvalue weighted by molar-refractivity contribution is -0.294. The number of carbonyl (C=O) groups excluding carboxylic acids is 6. The van der Waals surface area contributed by atoms with Crippen LogP contribution in [0.2, 0.25) is 0 Å². The van der Waals surface area contributed by atoms with Crippen LogP contribution in [0.4, 0.5) is 0 Å². The van der Waals surface area contributed by atoms with Gasteiger partial charge in [0.2, 0.25) is 12.4 Å². The lowest BCUT2D eigenvalue weighted by Crippen LogP contribution is -2.64. The molecule has 0 aromatic rings. The van der Waals surface area contributed by atoms with E-state index in [-0.39, 0.29) is 32.7 Å². The Morgan fingerprint density at radius 2 is 1.07 bits per heavy atom. The molecule has 0 amide bonds. The fraction of sp³-hybridized carbons (Fsp3) is 0.786. The second-order valence-electron chi connectivity index (χ2n) is 12.0. The topological polar surface area (TPSA) is 182 Å². The summed E-state index contributed by atoms with van der Waals surface area (Å²) in [4.78, 5) is 74.1. The fourth-order valence-corrected chi connectivity index (χ4v) is 4.09. The highest BCUT2D eigenvalue weighted by atomic mass is 16.7. The number of nitrogens with zero attached hydrogens (tertiary/aromatic N) is 1. The largest absolute Gasteiger partial charge is 0.459 e. The van der Waals surface area contributed by atoms with Crippen LogP contribution in [0, 0.1) is 0 Å². The minimum absolute atomic E-state index is 0.0347. The number of hydrogen-bond acceptors (Lipinski definition) is 15. The monoisotopic (exact) mass is 618 g/mol. The second kappa shape index (κ2) is 16.5. The predicted molar refractivity (Wildman–Crippen MR) is 148 cm³/mol. The lowest BCUT2D eigenvalue weighted by atomic mass is 9.97. The summed E-state index contributed by atoms with van der Waals surface area (Å²) in [5.74, 6) is -4.12. The molecule has 5 atom stereocenters. The Balaban J connectivity index is 3.11. The molecule has 0 aliphatic carbocycles. The molecule has 1 saturated heterocycles. The molecule has 1 rings (SSSR count). The maximum Gasteiger partial charge on any atom is 0.320 e. The van der Waals surface area contributed by atoms with Crippen LogP contribution < -0.4 is 5.32 Å². The third kappa shape index (κ3) is 15.7. The van der Waals surface area contributed by atoms with E-state index in [9.17, 15) is 28.8 Å². The SMILES string of the molecule is CC(=O)OC1C(OC(C)=O)[C@H](OC(C)=O)C(CNCCN(CC(=O)OC(C)(C)C)CC(=O)OC(C)(C)C)O[C@H]1OC(C)=O. The van der Waals surface area contributed by atoms with Crippen LogP contribution in [0.3, 0.4) is 0 Å². The molecule has 0 saturated carbocycles. The normalized spacial score (nSPS) is 22.3. The van der Waals surface area contributed by atoms with Gasteiger partial charge in [-0.3, -0.25) is 33.7 Å². The Kier molecular flexibility index (Phi) is 14.5. The van der Waals surface area contributed by atoms with Gasteiger partial charge in [0.05, 0.1) is 13.1 Å². The van der Waals surface area contributed by atoms with Crippen molar-refractivity contribution < 1.29 is 61.9 Å². The molecular weight excluding hydrogens is 572 g/mol. The van der Waals surface area contributed by atoms with Crippen LogP contribution in [0.5, 0.6) is 0 Å². The zero-order valence-corrected chi connectivity index (χ0v) is 26.7. The number of esters is 6. The molecule has 3 unspecified atom stereocenters. The van der Waals surface area contributed by atoms with E-state index < -0.39 is 77.7 Å². The van der Waals surface area contributed by atoms with E-state index in [2.05, 4.69) is 5.32 Å².